The second-order valence-corrected chi connectivity index (χ2v) is 7.13. The summed E-state index contributed by atoms with van der Waals surface area (Å²) in [5.74, 6) is -0.162. The molecule has 0 unspecified atom stereocenters. The Morgan fingerprint density at radius 2 is 2.12 bits per heavy atom. The predicted molar refractivity (Wildman–Crippen MR) is 96.3 cm³/mol. The number of anilines is 1. The molecule has 0 aliphatic carbocycles. The van der Waals surface area contributed by atoms with Gasteiger partial charge in [-0.25, -0.2) is 4.98 Å². The number of fused-ring (bicyclic) bond motifs is 1. The highest BCUT2D eigenvalue weighted by atomic mass is 32.1. The quantitative estimate of drug-likeness (QED) is 0.727. The monoisotopic (exact) mass is 358 g/mol. The molecule has 0 aliphatic rings. The number of primary amides is 1. The topological polar surface area (TPSA) is 115 Å². The van der Waals surface area contributed by atoms with Gasteiger partial charge >= 0.3 is 0 Å². The van der Waals surface area contributed by atoms with Crippen molar-refractivity contribution in [3.05, 3.63) is 29.5 Å². The average Bonchev–Trinajstić information content (AvgIpc) is 3.17. The molecule has 6 nitrogen and oxygen atoms in total. The summed E-state index contributed by atoms with van der Waals surface area (Å²) < 4.78 is 6.14. The zero-order chi connectivity index (χ0) is 17.3. The molecule has 8 heteroatoms. The number of rotatable bonds is 5. The summed E-state index contributed by atoms with van der Waals surface area (Å²) in [6, 6.07) is 6.06. The highest BCUT2D eigenvalue weighted by Gasteiger charge is 2.17. The summed E-state index contributed by atoms with van der Waals surface area (Å²) in [4.78, 5) is 17.6. The third kappa shape index (κ3) is 2.79. The number of thiophene rings is 2. The molecule has 0 aromatic carbocycles. The lowest BCUT2D eigenvalue weighted by molar-refractivity contribution is 0.100. The summed E-state index contributed by atoms with van der Waals surface area (Å²) in [5.41, 5.74) is 12.7. The number of nitrogens with zero attached hydrogens (tertiary/aromatic N) is 2. The molecule has 3 aromatic rings. The van der Waals surface area contributed by atoms with Crippen molar-refractivity contribution in [2.75, 3.05) is 12.8 Å². The Morgan fingerprint density at radius 1 is 1.38 bits per heavy atom. The first-order valence-electron chi connectivity index (χ1n) is 7.07. The molecule has 1 amide bonds. The number of aryl methyl sites for hydroxylation is 1. The molecule has 24 heavy (non-hydrogen) atoms. The third-order valence-corrected chi connectivity index (χ3v) is 6.06. The predicted octanol–water partition coefficient (Wildman–Crippen LogP) is 3.17. The van der Waals surface area contributed by atoms with E-state index >= 15 is 0 Å². The summed E-state index contributed by atoms with van der Waals surface area (Å²) in [6.45, 7) is 0. The zero-order valence-corrected chi connectivity index (χ0v) is 14.5. The number of hydrogen-bond donors (Lipinski definition) is 2. The molecule has 0 bridgehead atoms. The van der Waals surface area contributed by atoms with Crippen LogP contribution in [0.25, 0.3) is 19.8 Å². The lowest BCUT2D eigenvalue weighted by Crippen LogP contribution is -2.11. The molecular formula is C16H14N4O2S2. The lowest BCUT2D eigenvalue weighted by atomic mass is 10.1. The minimum atomic E-state index is -0.528. The van der Waals surface area contributed by atoms with E-state index in [4.69, 9.17) is 21.5 Å². The van der Waals surface area contributed by atoms with E-state index in [0.29, 0.717) is 24.2 Å². The molecule has 122 valence electrons. The SMILES string of the molecule is COc1sc(-c2cc3c(N)ncc(C(N)=O)c3s2)cc1CCC#N. The Balaban J connectivity index is 2.12. The molecule has 0 aliphatic heterocycles. The number of hydrogen-bond acceptors (Lipinski definition) is 7. The molecule has 0 fully saturated rings. The summed E-state index contributed by atoms with van der Waals surface area (Å²) >= 11 is 2.94. The first-order valence-corrected chi connectivity index (χ1v) is 8.70. The Labute approximate surface area is 146 Å². The number of nitrogen functional groups attached to an aromatic ring is 1. The van der Waals surface area contributed by atoms with Crippen LogP contribution in [0.4, 0.5) is 5.82 Å². The average molecular weight is 358 g/mol. The molecule has 0 atom stereocenters. The minimum Gasteiger partial charge on any atom is -0.487 e. The Kier molecular flexibility index (Phi) is 4.38. The maximum atomic E-state index is 11.6. The van der Waals surface area contributed by atoms with Gasteiger partial charge in [0.15, 0.2) is 5.06 Å². The summed E-state index contributed by atoms with van der Waals surface area (Å²) in [6.07, 6.45) is 2.48. The van der Waals surface area contributed by atoms with Gasteiger partial charge in [-0.1, -0.05) is 11.3 Å². The fourth-order valence-electron chi connectivity index (χ4n) is 2.41. The van der Waals surface area contributed by atoms with Gasteiger partial charge in [-0.15, -0.1) is 11.3 Å². The Bertz CT molecular complexity index is 969. The first-order chi connectivity index (χ1) is 11.5. The van der Waals surface area contributed by atoms with E-state index in [0.717, 1.165) is 30.5 Å². The van der Waals surface area contributed by atoms with Gasteiger partial charge in [-0.05, 0) is 18.6 Å². The number of nitrogens with two attached hydrogens (primary N) is 2. The largest absolute Gasteiger partial charge is 0.487 e. The highest BCUT2D eigenvalue weighted by molar-refractivity contribution is 7.27. The maximum Gasteiger partial charge on any atom is 0.251 e. The standard InChI is InChI=1S/C16H14N4O2S2/c1-22-16-8(3-2-4-17)5-11(24-16)12-6-9-13(23-12)10(15(19)21)7-20-14(9)18/h5-7H,2-3H2,1H3,(H2,18,20)(H2,19,21). The van der Waals surface area contributed by atoms with Gasteiger partial charge in [0.1, 0.15) is 5.82 Å². The van der Waals surface area contributed by atoms with Crippen molar-refractivity contribution in [3.8, 4) is 20.9 Å². The normalized spacial score (nSPS) is 10.7. The summed E-state index contributed by atoms with van der Waals surface area (Å²) in [7, 11) is 1.61. The van der Waals surface area contributed by atoms with E-state index in [1.54, 1.807) is 7.11 Å². The van der Waals surface area contributed by atoms with Crippen molar-refractivity contribution in [1.82, 2.24) is 4.98 Å². The molecule has 0 saturated carbocycles. The number of ether oxygens (including phenoxy) is 1. The van der Waals surface area contributed by atoms with Crippen LogP contribution in [-0.4, -0.2) is 18.0 Å². The van der Waals surface area contributed by atoms with Crippen LogP contribution in [0.5, 0.6) is 5.06 Å². The van der Waals surface area contributed by atoms with E-state index in [2.05, 4.69) is 11.1 Å². The number of carbonyl (C=O) groups excluding carboxylic acids is 1. The second-order valence-electron chi connectivity index (χ2n) is 5.06. The molecule has 0 saturated heterocycles. The number of aromatic nitrogens is 1. The van der Waals surface area contributed by atoms with E-state index in [9.17, 15) is 4.79 Å². The number of nitriles is 1. The van der Waals surface area contributed by atoms with Crippen LogP contribution in [0.2, 0.25) is 0 Å². The van der Waals surface area contributed by atoms with Crippen LogP contribution < -0.4 is 16.2 Å². The maximum absolute atomic E-state index is 11.6. The van der Waals surface area contributed by atoms with Crippen molar-refractivity contribution in [2.24, 2.45) is 5.73 Å². The van der Waals surface area contributed by atoms with Crippen molar-refractivity contribution in [1.29, 1.82) is 5.26 Å². The van der Waals surface area contributed by atoms with E-state index in [1.165, 1.54) is 28.9 Å². The van der Waals surface area contributed by atoms with Gasteiger partial charge in [-0.3, -0.25) is 4.79 Å². The first kappa shape index (κ1) is 16.2. The molecule has 4 N–H and O–H groups in total. The smallest absolute Gasteiger partial charge is 0.251 e. The Hall–Kier alpha value is -2.63. The van der Waals surface area contributed by atoms with Gasteiger partial charge < -0.3 is 16.2 Å². The van der Waals surface area contributed by atoms with Crippen LogP contribution in [0.3, 0.4) is 0 Å². The van der Waals surface area contributed by atoms with E-state index < -0.39 is 5.91 Å². The number of carbonyl (C=O) groups is 1. The Morgan fingerprint density at radius 3 is 2.79 bits per heavy atom. The zero-order valence-electron chi connectivity index (χ0n) is 12.8. The second kappa shape index (κ2) is 6.47. The molecule has 0 radical (unpaired) electrons. The van der Waals surface area contributed by atoms with Crippen LogP contribution in [0.15, 0.2) is 18.3 Å². The van der Waals surface area contributed by atoms with Crippen LogP contribution in [0, 0.1) is 11.3 Å². The molecule has 3 heterocycles. The van der Waals surface area contributed by atoms with Crippen LogP contribution in [-0.2, 0) is 6.42 Å². The number of amides is 1. The van der Waals surface area contributed by atoms with Crippen molar-refractivity contribution >= 4 is 44.5 Å². The third-order valence-electron chi connectivity index (χ3n) is 3.56. The number of methoxy groups -OCH3 is 1. The van der Waals surface area contributed by atoms with Crippen LogP contribution in [0.1, 0.15) is 22.3 Å². The van der Waals surface area contributed by atoms with Gasteiger partial charge in [-0.2, -0.15) is 5.26 Å². The molecule has 3 rings (SSSR count). The van der Waals surface area contributed by atoms with E-state index in [1.807, 2.05) is 12.1 Å². The van der Waals surface area contributed by atoms with Gasteiger partial charge in [0, 0.05) is 33.3 Å². The van der Waals surface area contributed by atoms with E-state index in [-0.39, 0.29) is 0 Å². The fourth-order valence-corrected chi connectivity index (χ4v) is 4.69. The number of pyridine rings is 1. The minimum absolute atomic E-state index is 0.365. The fraction of sp³-hybridized carbons (Fsp3) is 0.188. The molecular weight excluding hydrogens is 344 g/mol. The van der Waals surface area contributed by atoms with Gasteiger partial charge in [0.2, 0.25) is 0 Å². The molecule has 0 spiro atoms. The van der Waals surface area contributed by atoms with Crippen molar-refractivity contribution in [2.45, 2.75) is 12.8 Å². The van der Waals surface area contributed by atoms with Gasteiger partial charge in [0.25, 0.3) is 5.91 Å². The van der Waals surface area contributed by atoms with Crippen molar-refractivity contribution < 1.29 is 9.53 Å². The molecule has 3 aromatic heterocycles. The summed E-state index contributed by atoms with van der Waals surface area (Å²) in [5, 5.41) is 10.3. The van der Waals surface area contributed by atoms with Gasteiger partial charge in [0.05, 0.1) is 23.4 Å². The van der Waals surface area contributed by atoms with Crippen molar-refractivity contribution in [3.63, 3.8) is 0 Å². The van der Waals surface area contributed by atoms with Crippen LogP contribution >= 0.6 is 22.7 Å². The lowest BCUT2D eigenvalue weighted by Gasteiger charge is -1.99. The highest BCUT2D eigenvalue weighted by Crippen LogP contribution is 2.43.